The van der Waals surface area contributed by atoms with Crippen LogP contribution in [0.1, 0.15) is 26.3 Å². The number of rotatable bonds is 8. The molecule has 0 saturated carbocycles. The third-order valence-electron chi connectivity index (χ3n) is 4.45. The molecule has 0 spiro atoms. The molecule has 3 aromatic carbocycles. The van der Waals surface area contributed by atoms with Gasteiger partial charge in [-0.1, -0.05) is 35.9 Å². The van der Waals surface area contributed by atoms with Gasteiger partial charge in [0, 0.05) is 16.7 Å². The minimum atomic E-state index is -0.720. The van der Waals surface area contributed by atoms with Crippen molar-refractivity contribution in [3.8, 4) is 5.75 Å². The number of ketones is 1. The average molecular weight is 450 g/mol. The summed E-state index contributed by atoms with van der Waals surface area (Å²) < 4.78 is 10.2. The lowest BCUT2D eigenvalue weighted by Crippen LogP contribution is -2.17. The number of nitrogens with one attached hydrogen (secondary N) is 1. The summed E-state index contributed by atoms with van der Waals surface area (Å²) >= 11 is 5.81. The SMILES string of the molecule is COc1ccc(/C=C/C(=O)Nc2ccccc2C(=O)OCC(=O)c2ccc(Cl)cc2)cc1. The van der Waals surface area contributed by atoms with Gasteiger partial charge in [-0.3, -0.25) is 9.59 Å². The first kappa shape index (κ1) is 22.8. The van der Waals surface area contributed by atoms with Gasteiger partial charge in [0.2, 0.25) is 5.91 Å². The molecule has 0 saturated heterocycles. The second-order valence-electron chi connectivity index (χ2n) is 6.65. The molecule has 0 aliphatic heterocycles. The number of Topliss-reactive ketones (excluding diaryl/α,β-unsaturated/α-hetero) is 1. The number of amides is 1. The lowest BCUT2D eigenvalue weighted by atomic mass is 10.1. The number of halogens is 1. The number of para-hydroxylation sites is 1. The van der Waals surface area contributed by atoms with Crippen LogP contribution in [-0.4, -0.2) is 31.4 Å². The monoisotopic (exact) mass is 449 g/mol. The lowest BCUT2D eigenvalue weighted by Gasteiger charge is -2.10. The first-order chi connectivity index (χ1) is 15.5. The lowest BCUT2D eigenvalue weighted by molar-refractivity contribution is -0.111. The molecule has 3 rings (SSSR count). The Morgan fingerprint density at radius 1 is 0.938 bits per heavy atom. The fourth-order valence-electron chi connectivity index (χ4n) is 2.76. The van der Waals surface area contributed by atoms with Gasteiger partial charge in [-0.05, 0) is 60.2 Å². The molecule has 0 aromatic heterocycles. The van der Waals surface area contributed by atoms with Crippen molar-refractivity contribution in [2.24, 2.45) is 0 Å². The Kier molecular flexibility index (Phi) is 7.78. The third kappa shape index (κ3) is 6.30. The molecule has 0 unspecified atom stereocenters. The molecule has 6 nitrogen and oxygen atoms in total. The first-order valence-corrected chi connectivity index (χ1v) is 10.0. The fraction of sp³-hybridized carbons (Fsp3) is 0.0800. The van der Waals surface area contributed by atoms with Crippen LogP contribution in [0.25, 0.3) is 6.08 Å². The fourth-order valence-corrected chi connectivity index (χ4v) is 2.89. The van der Waals surface area contributed by atoms with E-state index >= 15 is 0 Å². The van der Waals surface area contributed by atoms with E-state index in [2.05, 4.69) is 5.32 Å². The van der Waals surface area contributed by atoms with Crippen molar-refractivity contribution in [3.63, 3.8) is 0 Å². The zero-order valence-electron chi connectivity index (χ0n) is 17.2. The summed E-state index contributed by atoms with van der Waals surface area (Å²) in [7, 11) is 1.58. The Bertz CT molecular complexity index is 1140. The Hall–Kier alpha value is -3.90. The van der Waals surface area contributed by atoms with Crippen molar-refractivity contribution in [1.29, 1.82) is 0 Å². The van der Waals surface area contributed by atoms with E-state index in [-0.39, 0.29) is 17.0 Å². The largest absolute Gasteiger partial charge is 0.497 e. The van der Waals surface area contributed by atoms with Crippen LogP contribution in [0, 0.1) is 0 Å². The van der Waals surface area contributed by atoms with Crippen LogP contribution in [0.2, 0.25) is 5.02 Å². The third-order valence-corrected chi connectivity index (χ3v) is 4.70. The molecule has 0 aliphatic rings. The predicted octanol–water partition coefficient (Wildman–Crippen LogP) is 5.04. The molecular formula is C25H20ClNO5. The molecule has 0 radical (unpaired) electrons. The minimum absolute atomic E-state index is 0.141. The highest BCUT2D eigenvalue weighted by atomic mass is 35.5. The number of anilines is 1. The van der Waals surface area contributed by atoms with Gasteiger partial charge in [0.05, 0.1) is 18.4 Å². The van der Waals surface area contributed by atoms with Crippen molar-refractivity contribution in [1.82, 2.24) is 0 Å². The van der Waals surface area contributed by atoms with Crippen molar-refractivity contribution < 1.29 is 23.9 Å². The summed E-state index contributed by atoms with van der Waals surface area (Å²) in [6, 6.07) is 19.9. The van der Waals surface area contributed by atoms with Gasteiger partial charge in [-0.15, -0.1) is 0 Å². The summed E-state index contributed by atoms with van der Waals surface area (Å²) in [6.45, 7) is -0.430. The molecular weight excluding hydrogens is 430 g/mol. The second-order valence-corrected chi connectivity index (χ2v) is 7.08. The molecule has 0 aliphatic carbocycles. The predicted molar refractivity (Wildman–Crippen MR) is 123 cm³/mol. The highest BCUT2D eigenvalue weighted by Gasteiger charge is 2.16. The van der Waals surface area contributed by atoms with Crippen LogP contribution in [0.4, 0.5) is 5.69 Å². The Morgan fingerprint density at radius 2 is 1.62 bits per heavy atom. The molecule has 0 heterocycles. The standard InChI is InChI=1S/C25H20ClNO5/c1-31-20-13-6-17(7-14-20)8-15-24(29)27-22-5-3-2-4-21(22)25(30)32-16-23(28)18-9-11-19(26)12-10-18/h2-15H,16H2,1H3,(H,27,29)/b15-8+. The van der Waals surface area contributed by atoms with E-state index in [9.17, 15) is 14.4 Å². The molecule has 0 atom stereocenters. The Morgan fingerprint density at radius 3 is 2.31 bits per heavy atom. The van der Waals surface area contributed by atoms with Gasteiger partial charge in [-0.2, -0.15) is 0 Å². The van der Waals surface area contributed by atoms with E-state index in [0.717, 1.165) is 5.56 Å². The first-order valence-electron chi connectivity index (χ1n) is 9.64. The van der Waals surface area contributed by atoms with Gasteiger partial charge in [0.25, 0.3) is 0 Å². The molecule has 32 heavy (non-hydrogen) atoms. The number of hydrogen-bond donors (Lipinski definition) is 1. The number of benzene rings is 3. The van der Waals surface area contributed by atoms with Crippen molar-refractivity contribution in [2.45, 2.75) is 0 Å². The maximum atomic E-state index is 12.5. The van der Waals surface area contributed by atoms with Crippen LogP contribution in [0.15, 0.2) is 78.9 Å². The molecule has 0 bridgehead atoms. The molecule has 1 amide bonds. The normalized spacial score (nSPS) is 10.6. The molecule has 7 heteroatoms. The number of esters is 1. The summed E-state index contributed by atoms with van der Waals surface area (Å²) in [6.07, 6.45) is 2.99. The second kappa shape index (κ2) is 10.9. The summed E-state index contributed by atoms with van der Waals surface area (Å²) in [5, 5.41) is 3.16. The van der Waals surface area contributed by atoms with E-state index in [0.29, 0.717) is 16.3 Å². The molecule has 3 aromatic rings. The van der Waals surface area contributed by atoms with Crippen LogP contribution in [0.3, 0.4) is 0 Å². The van der Waals surface area contributed by atoms with E-state index in [1.54, 1.807) is 67.8 Å². The maximum absolute atomic E-state index is 12.5. The zero-order chi connectivity index (χ0) is 22.9. The number of carbonyl (C=O) groups is 3. The summed E-state index contributed by atoms with van der Waals surface area (Å²) in [4.78, 5) is 37.0. The van der Waals surface area contributed by atoms with Crippen LogP contribution < -0.4 is 10.1 Å². The zero-order valence-corrected chi connectivity index (χ0v) is 18.0. The Balaban J connectivity index is 1.62. The van der Waals surface area contributed by atoms with Crippen LogP contribution in [-0.2, 0) is 9.53 Å². The molecule has 0 fully saturated rings. The van der Waals surface area contributed by atoms with Gasteiger partial charge in [-0.25, -0.2) is 4.79 Å². The van der Waals surface area contributed by atoms with Crippen molar-refractivity contribution in [2.75, 3.05) is 19.0 Å². The van der Waals surface area contributed by atoms with Crippen LogP contribution in [0.5, 0.6) is 5.75 Å². The highest BCUT2D eigenvalue weighted by Crippen LogP contribution is 2.18. The number of hydrogen-bond acceptors (Lipinski definition) is 5. The maximum Gasteiger partial charge on any atom is 0.340 e. The topological polar surface area (TPSA) is 81.7 Å². The van der Waals surface area contributed by atoms with Gasteiger partial charge < -0.3 is 14.8 Å². The highest BCUT2D eigenvalue weighted by molar-refractivity contribution is 6.30. The van der Waals surface area contributed by atoms with E-state index in [4.69, 9.17) is 21.1 Å². The van der Waals surface area contributed by atoms with Crippen LogP contribution >= 0.6 is 11.6 Å². The van der Waals surface area contributed by atoms with Gasteiger partial charge in [0.1, 0.15) is 5.75 Å². The summed E-state index contributed by atoms with van der Waals surface area (Å²) in [5.41, 5.74) is 1.62. The summed E-state index contributed by atoms with van der Waals surface area (Å²) in [5.74, 6) is -0.784. The average Bonchev–Trinajstić information content (AvgIpc) is 2.82. The quantitative estimate of drug-likeness (QED) is 0.296. The smallest absolute Gasteiger partial charge is 0.340 e. The van der Waals surface area contributed by atoms with Crippen molar-refractivity contribution in [3.05, 3.63) is 101 Å². The van der Waals surface area contributed by atoms with Crippen molar-refractivity contribution >= 4 is 41.0 Å². The number of carbonyl (C=O) groups excluding carboxylic acids is 3. The molecule has 1 N–H and O–H groups in total. The van der Waals surface area contributed by atoms with E-state index < -0.39 is 18.5 Å². The molecule has 162 valence electrons. The van der Waals surface area contributed by atoms with Gasteiger partial charge >= 0.3 is 5.97 Å². The van der Waals surface area contributed by atoms with E-state index in [1.807, 2.05) is 12.1 Å². The van der Waals surface area contributed by atoms with Gasteiger partial charge in [0.15, 0.2) is 12.4 Å². The Labute approximate surface area is 190 Å². The minimum Gasteiger partial charge on any atom is -0.497 e. The number of ether oxygens (including phenoxy) is 2. The number of methoxy groups -OCH3 is 1. The van der Waals surface area contributed by atoms with E-state index in [1.165, 1.54) is 12.1 Å².